The molecule has 2 heterocycles. The average molecular weight is 328 g/mol. The summed E-state index contributed by atoms with van der Waals surface area (Å²) in [5.41, 5.74) is 7.88. The quantitative estimate of drug-likeness (QED) is 0.939. The van der Waals surface area contributed by atoms with Crippen molar-refractivity contribution >= 4 is 24.0 Å². The van der Waals surface area contributed by atoms with Crippen LogP contribution in [0.5, 0.6) is 0 Å². The molecule has 0 saturated carbocycles. The van der Waals surface area contributed by atoms with E-state index in [0.717, 1.165) is 43.7 Å². The topological polar surface area (TPSA) is 55.3 Å². The predicted molar refractivity (Wildman–Crippen MR) is 86.7 cm³/mol. The Morgan fingerprint density at radius 3 is 2.81 bits per heavy atom. The highest BCUT2D eigenvalue weighted by atomic mass is 35.5. The van der Waals surface area contributed by atoms with E-state index >= 15 is 0 Å². The lowest BCUT2D eigenvalue weighted by Crippen LogP contribution is -2.42. The number of nitrogens with zero attached hydrogens (tertiary/aromatic N) is 2. The first-order valence-corrected chi connectivity index (χ1v) is 7.27. The number of oxazole rings is 1. The van der Waals surface area contributed by atoms with E-state index in [1.54, 1.807) is 6.26 Å². The van der Waals surface area contributed by atoms with Crippen LogP contribution in [-0.2, 0) is 6.54 Å². The number of nitrogens with two attached hydrogens (primary N) is 1. The van der Waals surface area contributed by atoms with Crippen LogP contribution in [0.2, 0.25) is 5.02 Å². The molecule has 1 saturated heterocycles. The summed E-state index contributed by atoms with van der Waals surface area (Å²) in [7, 11) is 0. The number of hydrogen-bond donors (Lipinski definition) is 1. The van der Waals surface area contributed by atoms with Crippen molar-refractivity contribution in [2.75, 3.05) is 13.1 Å². The third-order valence-electron chi connectivity index (χ3n) is 3.57. The van der Waals surface area contributed by atoms with Gasteiger partial charge in [0.15, 0.2) is 0 Å². The Bertz CT molecular complexity index is 571. The lowest BCUT2D eigenvalue weighted by atomic mass is 10.1. The van der Waals surface area contributed by atoms with Gasteiger partial charge in [0.2, 0.25) is 5.89 Å². The largest absolute Gasteiger partial charge is 0.444 e. The molecule has 1 atom stereocenters. The highest BCUT2D eigenvalue weighted by Crippen LogP contribution is 2.21. The Morgan fingerprint density at radius 1 is 1.33 bits per heavy atom. The van der Waals surface area contributed by atoms with Crippen LogP contribution >= 0.6 is 24.0 Å². The van der Waals surface area contributed by atoms with Crippen LogP contribution in [0.3, 0.4) is 0 Å². The minimum atomic E-state index is 0. The standard InChI is InChI=1S/C15H18ClN3O.ClH/c16-12-5-3-11(4-6-12)15-18-14(10-20-15)9-19-7-1-2-13(17)8-19;/h3-6,10,13H,1-2,7-9,17H2;1H/t13-;/m1./s1. The van der Waals surface area contributed by atoms with Crippen LogP contribution in [0, 0.1) is 0 Å². The van der Waals surface area contributed by atoms with E-state index < -0.39 is 0 Å². The van der Waals surface area contributed by atoms with E-state index in [2.05, 4.69) is 9.88 Å². The van der Waals surface area contributed by atoms with Crippen molar-refractivity contribution in [3.05, 3.63) is 41.2 Å². The van der Waals surface area contributed by atoms with Crippen LogP contribution in [0.4, 0.5) is 0 Å². The van der Waals surface area contributed by atoms with Crippen molar-refractivity contribution in [2.24, 2.45) is 5.73 Å². The molecule has 2 N–H and O–H groups in total. The molecule has 1 aromatic heterocycles. The molecule has 6 heteroatoms. The van der Waals surface area contributed by atoms with Gasteiger partial charge in [-0.1, -0.05) is 11.6 Å². The fraction of sp³-hybridized carbons (Fsp3) is 0.400. The molecule has 21 heavy (non-hydrogen) atoms. The summed E-state index contributed by atoms with van der Waals surface area (Å²) in [5, 5.41) is 0.711. The molecule has 3 rings (SSSR count). The first-order valence-electron chi connectivity index (χ1n) is 6.89. The third-order valence-corrected chi connectivity index (χ3v) is 3.82. The summed E-state index contributed by atoms with van der Waals surface area (Å²) in [6.45, 7) is 2.81. The Kier molecular flexibility index (Phi) is 5.65. The second-order valence-electron chi connectivity index (χ2n) is 5.29. The molecule has 1 fully saturated rings. The monoisotopic (exact) mass is 327 g/mol. The van der Waals surface area contributed by atoms with Crippen molar-refractivity contribution < 1.29 is 4.42 Å². The molecule has 0 unspecified atom stereocenters. The molecule has 1 aliphatic rings. The minimum absolute atomic E-state index is 0. The molecule has 1 aromatic carbocycles. The molecule has 0 bridgehead atoms. The summed E-state index contributed by atoms with van der Waals surface area (Å²) < 4.78 is 5.55. The number of aromatic nitrogens is 1. The molecule has 4 nitrogen and oxygen atoms in total. The van der Waals surface area contributed by atoms with Gasteiger partial charge < -0.3 is 10.2 Å². The van der Waals surface area contributed by atoms with Gasteiger partial charge in [-0.05, 0) is 43.7 Å². The van der Waals surface area contributed by atoms with Gasteiger partial charge in [0.25, 0.3) is 0 Å². The van der Waals surface area contributed by atoms with E-state index in [1.165, 1.54) is 0 Å². The van der Waals surface area contributed by atoms with E-state index in [1.807, 2.05) is 24.3 Å². The molecule has 2 aromatic rings. The van der Waals surface area contributed by atoms with E-state index in [4.69, 9.17) is 21.8 Å². The molecule has 0 amide bonds. The molecule has 1 aliphatic heterocycles. The maximum absolute atomic E-state index is 5.99. The zero-order valence-electron chi connectivity index (χ0n) is 11.7. The molecular formula is C15H19Cl2N3O. The smallest absolute Gasteiger partial charge is 0.226 e. The van der Waals surface area contributed by atoms with Gasteiger partial charge in [0.05, 0.1) is 5.69 Å². The van der Waals surface area contributed by atoms with Gasteiger partial charge in [-0.3, -0.25) is 4.90 Å². The Morgan fingerprint density at radius 2 is 2.10 bits per heavy atom. The van der Waals surface area contributed by atoms with Crippen molar-refractivity contribution in [3.8, 4) is 11.5 Å². The lowest BCUT2D eigenvalue weighted by Gasteiger charge is -2.29. The highest BCUT2D eigenvalue weighted by molar-refractivity contribution is 6.30. The molecule has 0 spiro atoms. The number of halogens is 2. The van der Waals surface area contributed by atoms with Crippen molar-refractivity contribution in [2.45, 2.75) is 25.4 Å². The fourth-order valence-corrected chi connectivity index (χ4v) is 2.69. The number of benzene rings is 1. The van der Waals surface area contributed by atoms with Gasteiger partial charge in [0, 0.05) is 29.7 Å². The second-order valence-corrected chi connectivity index (χ2v) is 5.72. The molecule has 114 valence electrons. The molecular weight excluding hydrogens is 309 g/mol. The van der Waals surface area contributed by atoms with Crippen LogP contribution in [-0.4, -0.2) is 29.0 Å². The molecule has 0 aliphatic carbocycles. The van der Waals surface area contributed by atoms with E-state index in [-0.39, 0.29) is 18.4 Å². The van der Waals surface area contributed by atoms with Crippen LogP contribution in [0.1, 0.15) is 18.5 Å². The Hall–Kier alpha value is -1.07. The van der Waals surface area contributed by atoms with Gasteiger partial charge in [-0.15, -0.1) is 12.4 Å². The third kappa shape index (κ3) is 4.20. The van der Waals surface area contributed by atoms with E-state index in [0.29, 0.717) is 10.9 Å². The van der Waals surface area contributed by atoms with E-state index in [9.17, 15) is 0 Å². The van der Waals surface area contributed by atoms with Crippen molar-refractivity contribution in [1.29, 1.82) is 0 Å². The first kappa shape index (κ1) is 16.3. The van der Waals surface area contributed by atoms with Crippen molar-refractivity contribution in [3.63, 3.8) is 0 Å². The van der Waals surface area contributed by atoms with Gasteiger partial charge in [-0.2, -0.15) is 0 Å². The van der Waals surface area contributed by atoms with Gasteiger partial charge in [0.1, 0.15) is 6.26 Å². The zero-order valence-corrected chi connectivity index (χ0v) is 13.2. The van der Waals surface area contributed by atoms with Crippen LogP contribution < -0.4 is 5.73 Å². The Labute approximate surface area is 135 Å². The minimum Gasteiger partial charge on any atom is -0.444 e. The summed E-state index contributed by atoms with van der Waals surface area (Å²) >= 11 is 5.88. The lowest BCUT2D eigenvalue weighted by molar-refractivity contribution is 0.199. The predicted octanol–water partition coefficient (Wildman–Crippen LogP) is 3.34. The molecule has 0 radical (unpaired) electrons. The van der Waals surface area contributed by atoms with Crippen molar-refractivity contribution in [1.82, 2.24) is 9.88 Å². The summed E-state index contributed by atoms with van der Waals surface area (Å²) in [6.07, 6.45) is 4.00. The number of rotatable bonds is 3. The van der Waals surface area contributed by atoms with Crippen LogP contribution in [0.15, 0.2) is 34.9 Å². The normalized spacial score (nSPS) is 19.2. The number of likely N-dealkylation sites (tertiary alicyclic amines) is 1. The van der Waals surface area contributed by atoms with Crippen LogP contribution in [0.25, 0.3) is 11.5 Å². The number of hydrogen-bond acceptors (Lipinski definition) is 4. The highest BCUT2D eigenvalue weighted by Gasteiger charge is 2.18. The fourth-order valence-electron chi connectivity index (χ4n) is 2.57. The maximum Gasteiger partial charge on any atom is 0.226 e. The average Bonchev–Trinajstić information content (AvgIpc) is 2.88. The maximum atomic E-state index is 5.99. The van der Waals surface area contributed by atoms with Gasteiger partial charge in [-0.25, -0.2) is 4.98 Å². The second kappa shape index (κ2) is 7.27. The number of piperidine rings is 1. The summed E-state index contributed by atoms with van der Waals surface area (Å²) in [6, 6.07) is 7.78. The first-order chi connectivity index (χ1) is 9.70. The SMILES string of the molecule is Cl.N[C@@H]1CCCN(Cc2coc(-c3ccc(Cl)cc3)n2)C1. The Balaban J connectivity index is 0.00000161. The van der Waals surface area contributed by atoms with Gasteiger partial charge >= 0.3 is 0 Å². The summed E-state index contributed by atoms with van der Waals surface area (Å²) in [5.74, 6) is 0.637. The summed E-state index contributed by atoms with van der Waals surface area (Å²) in [4.78, 5) is 6.87. The zero-order chi connectivity index (χ0) is 13.9.